The van der Waals surface area contributed by atoms with Gasteiger partial charge in [-0.15, -0.1) is 5.10 Å². The van der Waals surface area contributed by atoms with Crippen molar-refractivity contribution in [1.29, 1.82) is 0 Å². The maximum Gasteiger partial charge on any atom is 0.275 e. The van der Waals surface area contributed by atoms with Gasteiger partial charge in [-0.05, 0) is 12.1 Å². The van der Waals surface area contributed by atoms with Crippen molar-refractivity contribution < 1.29 is 5.03 Å². The second-order valence-corrected chi connectivity index (χ2v) is 3.61. The van der Waals surface area contributed by atoms with Gasteiger partial charge in [-0.25, -0.2) is 10.1 Å². The molecule has 0 amide bonds. The minimum Gasteiger partial charge on any atom is -0.364 e. The number of rotatable bonds is 3. The summed E-state index contributed by atoms with van der Waals surface area (Å²) >= 11 is 11.5. The van der Waals surface area contributed by atoms with Crippen LogP contribution in [0.15, 0.2) is 28.4 Å². The summed E-state index contributed by atoms with van der Waals surface area (Å²) in [5, 5.41) is 16.9. The van der Waals surface area contributed by atoms with E-state index in [0.717, 1.165) is 0 Å². The molecule has 0 atom stereocenters. The molecule has 1 aromatic carbocycles. The monoisotopic (exact) mass is 275 g/mol. The molecule has 0 fully saturated rings. The van der Waals surface area contributed by atoms with Crippen molar-refractivity contribution in [2.45, 2.75) is 0 Å². The molecule has 0 saturated carbocycles. The van der Waals surface area contributed by atoms with Gasteiger partial charge >= 0.3 is 0 Å². The minimum absolute atomic E-state index is 0.386. The first-order valence-electron chi connectivity index (χ1n) is 4.21. The van der Waals surface area contributed by atoms with E-state index >= 15 is 0 Å². The van der Waals surface area contributed by atoms with E-state index in [9.17, 15) is 10.1 Å². The van der Waals surface area contributed by atoms with Crippen molar-refractivity contribution in [1.82, 2.24) is 5.43 Å². The van der Waals surface area contributed by atoms with Gasteiger partial charge < -0.3 is 5.73 Å². The summed E-state index contributed by atoms with van der Waals surface area (Å²) in [4.78, 5) is 9.98. The quantitative estimate of drug-likeness (QED) is 0.377. The number of hydrogen-bond acceptors (Lipinski definition) is 4. The Bertz CT molecular complexity index is 489. The molecule has 0 radical (unpaired) electrons. The van der Waals surface area contributed by atoms with Gasteiger partial charge in [0, 0.05) is 10.6 Å². The third-order valence-corrected chi connectivity index (χ3v) is 2.09. The molecule has 3 N–H and O–H groups in total. The van der Waals surface area contributed by atoms with Crippen LogP contribution in [0.3, 0.4) is 0 Å². The number of nitro groups is 1. The normalized spacial score (nSPS) is 11.8. The van der Waals surface area contributed by atoms with Crippen LogP contribution in [0, 0.1) is 10.1 Å². The van der Waals surface area contributed by atoms with Crippen molar-refractivity contribution >= 4 is 35.4 Å². The second-order valence-electron chi connectivity index (χ2n) is 2.76. The molecule has 0 saturated heterocycles. The molecule has 0 aromatic heterocycles. The predicted molar refractivity (Wildman–Crippen MR) is 65.8 cm³/mol. The number of guanidine groups is 1. The van der Waals surface area contributed by atoms with Gasteiger partial charge in [-0.1, -0.05) is 34.7 Å². The Labute approximate surface area is 106 Å². The Morgan fingerprint density at radius 1 is 1.53 bits per heavy atom. The summed E-state index contributed by atoms with van der Waals surface area (Å²) in [5.41, 5.74) is 7.33. The lowest BCUT2D eigenvalue weighted by Gasteiger charge is -1.96. The summed E-state index contributed by atoms with van der Waals surface area (Å²) in [6.07, 6.45) is 1.30. The second kappa shape index (κ2) is 6.02. The molecular weight excluding hydrogens is 269 g/mol. The van der Waals surface area contributed by atoms with E-state index in [2.05, 4.69) is 10.2 Å². The van der Waals surface area contributed by atoms with Crippen LogP contribution >= 0.6 is 23.2 Å². The molecule has 1 aromatic rings. The van der Waals surface area contributed by atoms with Gasteiger partial charge in [0.1, 0.15) is 0 Å². The largest absolute Gasteiger partial charge is 0.364 e. The SMILES string of the molecule is N/C(=N\N=Cc1ccc(Cl)cc1Cl)N[N+](=O)[O-]. The number of nitrogens with one attached hydrogen (secondary N) is 1. The lowest BCUT2D eigenvalue weighted by Crippen LogP contribution is -2.35. The zero-order valence-corrected chi connectivity index (χ0v) is 9.81. The lowest BCUT2D eigenvalue weighted by molar-refractivity contribution is -0.525. The van der Waals surface area contributed by atoms with Gasteiger partial charge in [-0.3, -0.25) is 0 Å². The number of hydrogen-bond donors (Lipinski definition) is 2. The average Bonchev–Trinajstić information content (AvgIpc) is 2.20. The molecule has 0 aliphatic carbocycles. The lowest BCUT2D eigenvalue weighted by atomic mass is 10.2. The molecule has 17 heavy (non-hydrogen) atoms. The van der Waals surface area contributed by atoms with Crippen LogP contribution in [0.2, 0.25) is 10.0 Å². The van der Waals surface area contributed by atoms with E-state index in [4.69, 9.17) is 28.9 Å². The minimum atomic E-state index is -0.844. The maximum absolute atomic E-state index is 9.98. The highest BCUT2D eigenvalue weighted by molar-refractivity contribution is 6.36. The topological polar surface area (TPSA) is 106 Å². The van der Waals surface area contributed by atoms with E-state index < -0.39 is 11.0 Å². The first-order valence-corrected chi connectivity index (χ1v) is 4.97. The highest BCUT2D eigenvalue weighted by atomic mass is 35.5. The Morgan fingerprint density at radius 3 is 2.82 bits per heavy atom. The average molecular weight is 276 g/mol. The zero-order chi connectivity index (χ0) is 12.8. The van der Waals surface area contributed by atoms with Crippen LogP contribution in [0.1, 0.15) is 5.56 Å². The van der Waals surface area contributed by atoms with Crippen LogP contribution in [-0.2, 0) is 0 Å². The summed E-state index contributed by atoms with van der Waals surface area (Å²) < 4.78 is 0. The Hall–Kier alpha value is -1.86. The molecule has 0 unspecified atom stereocenters. The number of nitrogens with two attached hydrogens (primary N) is 1. The number of halogens is 2. The van der Waals surface area contributed by atoms with Crippen LogP contribution in [0.25, 0.3) is 0 Å². The molecule has 0 aliphatic rings. The number of hydrazine groups is 1. The Balaban J connectivity index is 2.74. The number of benzene rings is 1. The van der Waals surface area contributed by atoms with Crippen molar-refractivity contribution in [2.75, 3.05) is 0 Å². The highest BCUT2D eigenvalue weighted by Crippen LogP contribution is 2.19. The third kappa shape index (κ3) is 4.66. The smallest absolute Gasteiger partial charge is 0.275 e. The van der Waals surface area contributed by atoms with Crippen molar-refractivity contribution in [3.8, 4) is 0 Å². The Morgan fingerprint density at radius 2 is 2.24 bits per heavy atom. The van der Waals surface area contributed by atoms with Gasteiger partial charge in [0.25, 0.3) is 5.96 Å². The van der Waals surface area contributed by atoms with Crippen LogP contribution in [-0.4, -0.2) is 17.2 Å². The Kier molecular flexibility index (Phi) is 4.68. The summed E-state index contributed by atoms with van der Waals surface area (Å²) in [6.45, 7) is 0. The molecule has 0 bridgehead atoms. The van der Waals surface area contributed by atoms with Crippen LogP contribution in [0.4, 0.5) is 0 Å². The van der Waals surface area contributed by atoms with E-state index in [1.165, 1.54) is 12.3 Å². The molecular formula is C8H7Cl2N5O2. The molecule has 1 rings (SSSR count). The van der Waals surface area contributed by atoms with Crippen LogP contribution < -0.4 is 11.2 Å². The fourth-order valence-corrected chi connectivity index (χ4v) is 1.33. The summed E-state index contributed by atoms with van der Waals surface area (Å²) in [7, 11) is 0. The molecule has 7 nitrogen and oxygen atoms in total. The summed E-state index contributed by atoms with van der Waals surface area (Å²) in [5.74, 6) is -0.434. The van der Waals surface area contributed by atoms with Crippen LogP contribution in [0.5, 0.6) is 0 Å². The van der Waals surface area contributed by atoms with E-state index in [-0.39, 0.29) is 0 Å². The van der Waals surface area contributed by atoms with Gasteiger partial charge in [0.2, 0.25) is 0 Å². The van der Waals surface area contributed by atoms with Gasteiger partial charge in [0.05, 0.1) is 11.2 Å². The molecule has 9 heteroatoms. The van der Waals surface area contributed by atoms with E-state index in [1.54, 1.807) is 17.6 Å². The first kappa shape index (κ1) is 13.2. The van der Waals surface area contributed by atoms with Gasteiger partial charge in [0.15, 0.2) is 5.03 Å². The molecule has 0 aliphatic heterocycles. The highest BCUT2D eigenvalue weighted by Gasteiger charge is 1.99. The maximum atomic E-state index is 9.98. The van der Waals surface area contributed by atoms with Crippen molar-refractivity contribution in [3.05, 3.63) is 43.9 Å². The molecule has 90 valence electrons. The first-order chi connectivity index (χ1) is 7.99. The van der Waals surface area contributed by atoms with Gasteiger partial charge in [-0.2, -0.15) is 5.10 Å². The zero-order valence-electron chi connectivity index (χ0n) is 8.30. The van der Waals surface area contributed by atoms with Crippen molar-refractivity contribution in [3.63, 3.8) is 0 Å². The van der Waals surface area contributed by atoms with Crippen molar-refractivity contribution in [2.24, 2.45) is 15.9 Å². The van der Waals surface area contributed by atoms with E-state index in [0.29, 0.717) is 15.6 Å². The molecule has 0 heterocycles. The number of nitrogens with zero attached hydrogens (tertiary/aromatic N) is 3. The summed E-state index contributed by atoms with van der Waals surface area (Å²) in [6, 6.07) is 4.78. The fourth-order valence-electron chi connectivity index (χ4n) is 0.875. The third-order valence-electron chi connectivity index (χ3n) is 1.53. The van der Waals surface area contributed by atoms with E-state index in [1.807, 2.05) is 0 Å². The fraction of sp³-hybridized carbons (Fsp3) is 0. The predicted octanol–water partition coefficient (Wildman–Crippen LogP) is 1.42. The molecule has 0 spiro atoms. The standard InChI is InChI=1S/C8H7Cl2N5O2/c9-6-2-1-5(7(10)3-6)4-12-13-8(11)14-15(16)17/h1-4H,(H3,11,13,14).